The minimum absolute atomic E-state index is 0.0591. The molecule has 0 saturated heterocycles. The molecule has 0 saturated carbocycles. The molecule has 0 radical (unpaired) electrons. The predicted molar refractivity (Wildman–Crippen MR) is 158 cm³/mol. The molecule has 4 aromatic heterocycles. The first-order valence-electron chi connectivity index (χ1n) is 13.0. The molecule has 6 rings (SSSR count). The average molecular weight is 585 g/mol. The summed E-state index contributed by atoms with van der Waals surface area (Å²) < 4.78 is 40.0. The summed E-state index contributed by atoms with van der Waals surface area (Å²) in [6.45, 7) is 1.73. The van der Waals surface area contributed by atoms with Gasteiger partial charge in [-0.25, -0.2) is 22.5 Å². The number of hydrogen-bond donors (Lipinski definition) is 4. The molecule has 6 aromatic rings. The SMILES string of the molecule is CCC(=O)Nc1cncc(-c2ccc3[nH]nc(-c4nc5c(-c6cc(F)cc(CNS(C)(=O)=O)c6)nccc5[nH]4)c3c2)c1. The number of amides is 1. The maximum Gasteiger partial charge on any atom is 0.224 e. The van der Waals surface area contributed by atoms with Crippen molar-refractivity contribution in [3.05, 3.63) is 78.5 Å². The fraction of sp³-hybridized carbons (Fsp3) is 0.138. The minimum Gasteiger partial charge on any atom is -0.336 e. The molecule has 4 heterocycles. The van der Waals surface area contributed by atoms with Gasteiger partial charge in [0.2, 0.25) is 15.9 Å². The van der Waals surface area contributed by atoms with Gasteiger partial charge in [0.25, 0.3) is 0 Å². The molecule has 0 bridgehead atoms. The van der Waals surface area contributed by atoms with Crippen molar-refractivity contribution >= 4 is 43.6 Å². The first-order valence-corrected chi connectivity index (χ1v) is 14.9. The van der Waals surface area contributed by atoms with Crippen molar-refractivity contribution in [3.63, 3.8) is 0 Å². The number of rotatable bonds is 8. The van der Waals surface area contributed by atoms with Gasteiger partial charge in [0.15, 0.2) is 5.82 Å². The van der Waals surface area contributed by atoms with Crippen LogP contribution in [0.1, 0.15) is 18.9 Å². The van der Waals surface area contributed by atoms with Crippen LogP contribution < -0.4 is 10.0 Å². The van der Waals surface area contributed by atoms with Crippen molar-refractivity contribution in [2.24, 2.45) is 0 Å². The molecule has 4 N–H and O–H groups in total. The number of carbonyl (C=O) groups excluding carboxylic acids is 1. The van der Waals surface area contributed by atoms with Crippen LogP contribution >= 0.6 is 0 Å². The summed E-state index contributed by atoms with van der Waals surface area (Å²) in [4.78, 5) is 28.7. The Bertz CT molecular complexity index is 2090. The second-order valence-electron chi connectivity index (χ2n) is 9.78. The number of hydrogen-bond acceptors (Lipinski definition) is 7. The molecule has 0 fully saturated rings. The Labute approximate surface area is 239 Å². The first-order chi connectivity index (χ1) is 20.2. The summed E-state index contributed by atoms with van der Waals surface area (Å²) in [6, 6.07) is 13.7. The lowest BCUT2D eigenvalue weighted by atomic mass is 10.0. The Hall–Kier alpha value is -5.01. The molecular weight excluding hydrogens is 559 g/mol. The van der Waals surface area contributed by atoms with E-state index in [9.17, 15) is 17.6 Å². The summed E-state index contributed by atoms with van der Waals surface area (Å²) in [6.07, 6.45) is 6.33. The topological polar surface area (TPSA) is 158 Å². The third-order valence-corrected chi connectivity index (χ3v) is 7.30. The van der Waals surface area contributed by atoms with Crippen molar-refractivity contribution in [2.75, 3.05) is 11.6 Å². The van der Waals surface area contributed by atoms with E-state index in [1.54, 1.807) is 37.6 Å². The Morgan fingerprint density at radius 2 is 1.83 bits per heavy atom. The number of nitrogens with zero attached hydrogens (tertiary/aromatic N) is 4. The summed E-state index contributed by atoms with van der Waals surface area (Å²) in [5.74, 6) is -0.133. The largest absolute Gasteiger partial charge is 0.336 e. The van der Waals surface area contributed by atoms with Crippen LogP contribution in [0, 0.1) is 5.82 Å². The number of halogens is 1. The van der Waals surface area contributed by atoms with Crippen LogP contribution in [-0.4, -0.2) is 50.7 Å². The fourth-order valence-corrected chi connectivity index (χ4v) is 5.08. The Balaban J connectivity index is 1.39. The zero-order chi connectivity index (χ0) is 29.4. The number of anilines is 1. The number of carbonyl (C=O) groups is 1. The summed E-state index contributed by atoms with van der Waals surface area (Å²) >= 11 is 0. The number of nitrogens with one attached hydrogen (secondary N) is 4. The molecule has 13 heteroatoms. The molecule has 2 aromatic carbocycles. The van der Waals surface area contributed by atoms with Gasteiger partial charge in [0.05, 0.1) is 34.9 Å². The van der Waals surface area contributed by atoms with Gasteiger partial charge < -0.3 is 10.3 Å². The van der Waals surface area contributed by atoms with Gasteiger partial charge in [-0.15, -0.1) is 0 Å². The van der Waals surface area contributed by atoms with Crippen LogP contribution in [0.3, 0.4) is 0 Å². The summed E-state index contributed by atoms with van der Waals surface area (Å²) in [7, 11) is -3.45. The lowest BCUT2D eigenvalue weighted by Crippen LogP contribution is -2.21. The molecule has 0 atom stereocenters. The molecule has 11 nitrogen and oxygen atoms in total. The number of fused-ring (bicyclic) bond motifs is 2. The third kappa shape index (κ3) is 5.60. The van der Waals surface area contributed by atoms with Gasteiger partial charge >= 0.3 is 0 Å². The zero-order valence-corrected chi connectivity index (χ0v) is 23.4. The van der Waals surface area contributed by atoms with Gasteiger partial charge in [0.1, 0.15) is 17.0 Å². The maximum absolute atomic E-state index is 14.5. The van der Waals surface area contributed by atoms with E-state index >= 15 is 0 Å². The Morgan fingerprint density at radius 1 is 0.976 bits per heavy atom. The van der Waals surface area contributed by atoms with Crippen molar-refractivity contribution in [2.45, 2.75) is 19.9 Å². The van der Waals surface area contributed by atoms with Crippen LogP contribution in [0.15, 0.2) is 67.1 Å². The van der Waals surface area contributed by atoms with Crippen molar-refractivity contribution in [1.82, 2.24) is 34.9 Å². The standard InChI is InChI=1S/C29H25FN8O3S/c1-3-25(39)34-21-11-19(14-31-15-21)17-4-5-23-22(12-17)27(38-37-23)29-35-24-6-7-32-26(28(24)36-29)18-8-16(9-20(30)10-18)13-33-42(2,40)41/h4-12,14-15,33H,3,13H2,1-2H3,(H,34,39)(H,35,36)(H,37,38). The fourth-order valence-electron chi connectivity index (χ4n) is 4.65. The number of H-pyrrole nitrogens is 2. The number of aromatic nitrogens is 6. The maximum atomic E-state index is 14.5. The van der Waals surface area contributed by atoms with E-state index in [-0.39, 0.29) is 12.5 Å². The van der Waals surface area contributed by atoms with Crippen molar-refractivity contribution < 1.29 is 17.6 Å². The van der Waals surface area contributed by atoms with E-state index in [1.807, 2.05) is 24.3 Å². The Kier molecular flexibility index (Phi) is 6.96. The minimum atomic E-state index is -3.45. The van der Waals surface area contributed by atoms with E-state index < -0.39 is 15.8 Å². The molecular formula is C29H25FN8O3S. The molecule has 0 unspecified atom stereocenters. The quantitative estimate of drug-likeness (QED) is 0.201. The first kappa shape index (κ1) is 27.2. The lowest BCUT2D eigenvalue weighted by Gasteiger charge is -2.07. The molecule has 0 aliphatic heterocycles. The average Bonchev–Trinajstić information content (AvgIpc) is 3.59. The van der Waals surface area contributed by atoms with Crippen LogP contribution in [0.2, 0.25) is 0 Å². The van der Waals surface area contributed by atoms with Crippen molar-refractivity contribution in [3.8, 4) is 33.9 Å². The number of sulfonamides is 1. The van der Waals surface area contributed by atoms with Crippen molar-refractivity contribution in [1.29, 1.82) is 0 Å². The summed E-state index contributed by atoms with van der Waals surface area (Å²) in [5, 5.41) is 11.2. The van der Waals surface area contributed by atoms with E-state index in [1.165, 1.54) is 12.1 Å². The summed E-state index contributed by atoms with van der Waals surface area (Å²) in [5.41, 5.74) is 6.20. The second-order valence-corrected chi connectivity index (χ2v) is 11.6. The number of pyridine rings is 2. The highest BCUT2D eigenvalue weighted by Crippen LogP contribution is 2.33. The second kappa shape index (κ2) is 10.8. The lowest BCUT2D eigenvalue weighted by molar-refractivity contribution is -0.115. The monoisotopic (exact) mass is 584 g/mol. The molecule has 212 valence electrons. The number of benzene rings is 2. The van der Waals surface area contributed by atoms with E-state index in [2.05, 4.69) is 35.2 Å². The molecule has 0 aliphatic rings. The normalized spacial score (nSPS) is 11.8. The van der Waals surface area contributed by atoms with Gasteiger partial charge in [-0.1, -0.05) is 13.0 Å². The van der Waals surface area contributed by atoms with E-state index in [0.29, 0.717) is 51.5 Å². The van der Waals surface area contributed by atoms with Crippen LogP contribution in [0.4, 0.5) is 10.1 Å². The van der Waals surface area contributed by atoms with Crippen LogP contribution in [-0.2, 0) is 21.4 Å². The van der Waals surface area contributed by atoms with Gasteiger partial charge in [0, 0.05) is 41.9 Å². The number of imidazole rings is 1. The van der Waals surface area contributed by atoms with Crippen LogP contribution in [0.25, 0.3) is 55.8 Å². The van der Waals surface area contributed by atoms with E-state index in [0.717, 1.165) is 28.3 Å². The van der Waals surface area contributed by atoms with Gasteiger partial charge in [-0.2, -0.15) is 5.10 Å². The highest BCUT2D eigenvalue weighted by molar-refractivity contribution is 7.88. The predicted octanol–water partition coefficient (Wildman–Crippen LogP) is 4.77. The third-order valence-electron chi connectivity index (χ3n) is 6.63. The smallest absolute Gasteiger partial charge is 0.224 e. The number of aromatic amines is 2. The highest BCUT2D eigenvalue weighted by Gasteiger charge is 2.17. The molecule has 0 spiro atoms. The molecule has 0 aliphatic carbocycles. The van der Waals surface area contributed by atoms with E-state index in [4.69, 9.17) is 4.98 Å². The van der Waals surface area contributed by atoms with Gasteiger partial charge in [-0.05, 0) is 53.6 Å². The van der Waals surface area contributed by atoms with Crippen LogP contribution in [0.5, 0.6) is 0 Å². The Morgan fingerprint density at radius 3 is 2.64 bits per heavy atom. The molecule has 1 amide bonds. The highest BCUT2D eigenvalue weighted by atomic mass is 32.2. The molecule has 42 heavy (non-hydrogen) atoms. The zero-order valence-electron chi connectivity index (χ0n) is 22.6. The van der Waals surface area contributed by atoms with Gasteiger partial charge in [-0.3, -0.25) is 19.9 Å².